The molecule has 0 saturated heterocycles. The van der Waals surface area contributed by atoms with E-state index >= 15 is 0 Å². The van der Waals surface area contributed by atoms with Crippen molar-refractivity contribution in [3.63, 3.8) is 0 Å². The highest BCUT2D eigenvalue weighted by atomic mass is 32.1. The van der Waals surface area contributed by atoms with Crippen LogP contribution < -0.4 is 10.6 Å². The van der Waals surface area contributed by atoms with E-state index in [2.05, 4.69) is 29.6 Å². The smallest absolute Gasteiger partial charge is 0.166 e. The second-order valence-electron chi connectivity index (χ2n) is 3.53. The van der Waals surface area contributed by atoms with Crippen LogP contribution in [0.5, 0.6) is 0 Å². The van der Waals surface area contributed by atoms with Crippen LogP contribution in [0.15, 0.2) is 18.5 Å². The molecule has 0 aliphatic heterocycles. The van der Waals surface area contributed by atoms with Crippen LogP contribution in [0, 0.1) is 0 Å². The molecule has 0 aliphatic carbocycles. The summed E-state index contributed by atoms with van der Waals surface area (Å²) in [5.74, 6) is 0. The Balaban J connectivity index is 2.23. The predicted octanol–water partition coefficient (Wildman–Crippen LogP) is 1.15. The normalized spacial score (nSPS) is 12.1. The summed E-state index contributed by atoms with van der Waals surface area (Å²) in [6.07, 6.45) is 4.80. The van der Waals surface area contributed by atoms with E-state index in [1.54, 1.807) is 6.20 Å². The summed E-state index contributed by atoms with van der Waals surface area (Å²) in [5, 5.41) is 11.2. The van der Waals surface area contributed by atoms with Crippen molar-refractivity contribution in [2.75, 3.05) is 6.54 Å². The van der Waals surface area contributed by atoms with Gasteiger partial charge in [0.1, 0.15) is 0 Å². The molecule has 0 fully saturated rings. The van der Waals surface area contributed by atoms with Gasteiger partial charge in [0.15, 0.2) is 5.11 Å². The zero-order valence-corrected chi connectivity index (χ0v) is 10.0. The maximum atomic E-state index is 5.14. The Morgan fingerprint density at radius 2 is 2.40 bits per heavy atom. The average molecular weight is 226 g/mol. The lowest BCUT2D eigenvalue weighted by molar-refractivity contribution is 0.503. The zero-order valence-electron chi connectivity index (χ0n) is 9.23. The molecular weight excluding hydrogens is 208 g/mol. The maximum absolute atomic E-state index is 5.14. The number of rotatable bonds is 5. The van der Waals surface area contributed by atoms with Crippen molar-refractivity contribution < 1.29 is 0 Å². The SMILES string of the molecule is CCCNC(=S)NC(C)Cn1cccn1. The number of nitrogens with zero attached hydrogens (tertiary/aromatic N) is 2. The van der Waals surface area contributed by atoms with Crippen molar-refractivity contribution in [3.8, 4) is 0 Å². The summed E-state index contributed by atoms with van der Waals surface area (Å²) in [6.45, 7) is 5.94. The largest absolute Gasteiger partial charge is 0.363 e. The van der Waals surface area contributed by atoms with E-state index in [1.165, 1.54) is 0 Å². The minimum atomic E-state index is 0.279. The van der Waals surface area contributed by atoms with E-state index in [1.807, 2.05) is 16.9 Å². The van der Waals surface area contributed by atoms with Crippen molar-refractivity contribution in [2.45, 2.75) is 32.9 Å². The lowest BCUT2D eigenvalue weighted by Crippen LogP contribution is -2.42. The van der Waals surface area contributed by atoms with E-state index in [0.29, 0.717) is 0 Å². The molecule has 0 radical (unpaired) electrons. The minimum Gasteiger partial charge on any atom is -0.363 e. The van der Waals surface area contributed by atoms with Crippen molar-refractivity contribution in [1.82, 2.24) is 20.4 Å². The quantitative estimate of drug-likeness (QED) is 0.739. The third-order valence-electron chi connectivity index (χ3n) is 1.93. The Kier molecular flexibility index (Phi) is 5.10. The molecule has 0 aliphatic rings. The monoisotopic (exact) mass is 226 g/mol. The molecule has 2 N–H and O–H groups in total. The Morgan fingerprint density at radius 3 is 3.00 bits per heavy atom. The molecule has 1 rings (SSSR count). The van der Waals surface area contributed by atoms with Gasteiger partial charge in [-0.3, -0.25) is 4.68 Å². The van der Waals surface area contributed by atoms with Gasteiger partial charge in [-0.1, -0.05) is 6.92 Å². The molecule has 1 aromatic heterocycles. The van der Waals surface area contributed by atoms with Gasteiger partial charge in [0.2, 0.25) is 0 Å². The number of hydrogen-bond donors (Lipinski definition) is 2. The molecule has 1 unspecified atom stereocenters. The topological polar surface area (TPSA) is 41.9 Å². The van der Waals surface area contributed by atoms with Crippen molar-refractivity contribution >= 4 is 17.3 Å². The molecule has 0 aromatic carbocycles. The molecule has 0 bridgehead atoms. The van der Waals surface area contributed by atoms with Gasteiger partial charge in [-0.15, -0.1) is 0 Å². The maximum Gasteiger partial charge on any atom is 0.166 e. The Hall–Kier alpha value is -1.10. The van der Waals surface area contributed by atoms with Crippen LogP contribution in [0.1, 0.15) is 20.3 Å². The highest BCUT2D eigenvalue weighted by molar-refractivity contribution is 7.80. The number of aromatic nitrogens is 2. The molecule has 0 spiro atoms. The minimum absolute atomic E-state index is 0.279. The highest BCUT2D eigenvalue weighted by Gasteiger charge is 2.04. The van der Waals surface area contributed by atoms with E-state index in [0.717, 1.165) is 24.6 Å². The van der Waals surface area contributed by atoms with Crippen LogP contribution in [0.2, 0.25) is 0 Å². The summed E-state index contributed by atoms with van der Waals surface area (Å²) >= 11 is 5.14. The van der Waals surface area contributed by atoms with Gasteiger partial charge in [0.25, 0.3) is 0 Å². The summed E-state index contributed by atoms with van der Waals surface area (Å²) in [6, 6.07) is 2.20. The van der Waals surface area contributed by atoms with Gasteiger partial charge in [-0.25, -0.2) is 0 Å². The molecule has 0 amide bonds. The second kappa shape index (κ2) is 6.40. The molecule has 1 heterocycles. The van der Waals surface area contributed by atoms with Crippen LogP contribution in [-0.4, -0.2) is 27.5 Å². The van der Waals surface area contributed by atoms with Gasteiger partial charge in [0.05, 0.1) is 6.54 Å². The van der Waals surface area contributed by atoms with E-state index in [9.17, 15) is 0 Å². The van der Waals surface area contributed by atoms with Crippen molar-refractivity contribution in [2.24, 2.45) is 0 Å². The lowest BCUT2D eigenvalue weighted by atomic mass is 10.3. The van der Waals surface area contributed by atoms with Crippen LogP contribution in [-0.2, 0) is 6.54 Å². The summed E-state index contributed by atoms with van der Waals surface area (Å²) in [7, 11) is 0. The Bertz CT molecular complexity index is 284. The number of nitrogens with one attached hydrogen (secondary N) is 2. The summed E-state index contributed by atoms with van der Waals surface area (Å²) in [4.78, 5) is 0. The van der Waals surface area contributed by atoms with Crippen molar-refractivity contribution in [3.05, 3.63) is 18.5 Å². The molecule has 1 atom stereocenters. The number of hydrogen-bond acceptors (Lipinski definition) is 2. The highest BCUT2D eigenvalue weighted by Crippen LogP contribution is 1.90. The lowest BCUT2D eigenvalue weighted by Gasteiger charge is -2.16. The van der Waals surface area contributed by atoms with Gasteiger partial charge in [-0.05, 0) is 31.6 Å². The van der Waals surface area contributed by atoms with E-state index < -0.39 is 0 Å². The first-order chi connectivity index (χ1) is 7.22. The fraction of sp³-hybridized carbons (Fsp3) is 0.600. The van der Waals surface area contributed by atoms with Crippen LogP contribution in [0.25, 0.3) is 0 Å². The zero-order chi connectivity index (χ0) is 11.1. The molecule has 15 heavy (non-hydrogen) atoms. The van der Waals surface area contributed by atoms with Gasteiger partial charge < -0.3 is 10.6 Å². The van der Waals surface area contributed by atoms with Crippen molar-refractivity contribution in [1.29, 1.82) is 0 Å². The summed E-state index contributed by atoms with van der Waals surface area (Å²) in [5.41, 5.74) is 0. The molecule has 5 heteroatoms. The third-order valence-corrected chi connectivity index (χ3v) is 2.20. The summed E-state index contributed by atoms with van der Waals surface area (Å²) < 4.78 is 1.89. The van der Waals surface area contributed by atoms with E-state index in [-0.39, 0.29) is 6.04 Å². The molecule has 84 valence electrons. The fourth-order valence-corrected chi connectivity index (χ4v) is 1.55. The first-order valence-corrected chi connectivity index (χ1v) is 5.65. The number of thiocarbonyl (C=S) groups is 1. The van der Waals surface area contributed by atoms with E-state index in [4.69, 9.17) is 12.2 Å². The first kappa shape index (κ1) is 12.0. The van der Waals surface area contributed by atoms with Gasteiger partial charge >= 0.3 is 0 Å². The standard InChI is InChI=1S/C10H18N4S/c1-3-5-11-10(15)13-9(2)8-14-7-4-6-12-14/h4,6-7,9H,3,5,8H2,1-2H3,(H2,11,13,15). The molecule has 0 saturated carbocycles. The Labute approximate surface area is 96.1 Å². The second-order valence-corrected chi connectivity index (χ2v) is 3.94. The van der Waals surface area contributed by atoms with Crippen LogP contribution >= 0.6 is 12.2 Å². The fourth-order valence-electron chi connectivity index (χ4n) is 1.25. The molecular formula is C10H18N4S. The molecule has 4 nitrogen and oxygen atoms in total. The van der Waals surface area contributed by atoms with Gasteiger partial charge in [-0.2, -0.15) is 5.10 Å². The van der Waals surface area contributed by atoms with Crippen LogP contribution in [0.3, 0.4) is 0 Å². The predicted molar refractivity (Wildman–Crippen MR) is 65.7 cm³/mol. The molecule has 1 aromatic rings. The average Bonchev–Trinajstić information content (AvgIpc) is 2.67. The third kappa shape index (κ3) is 4.78. The van der Waals surface area contributed by atoms with Crippen LogP contribution in [0.4, 0.5) is 0 Å². The first-order valence-electron chi connectivity index (χ1n) is 5.24. The van der Waals surface area contributed by atoms with Gasteiger partial charge in [0, 0.05) is 25.0 Å². The Morgan fingerprint density at radius 1 is 1.60 bits per heavy atom.